The van der Waals surface area contributed by atoms with Gasteiger partial charge in [0.25, 0.3) is 5.91 Å². The molecule has 0 saturated carbocycles. The topological polar surface area (TPSA) is 86.5 Å². The predicted molar refractivity (Wildman–Crippen MR) is 86.3 cm³/mol. The van der Waals surface area contributed by atoms with Crippen LogP contribution in [0.1, 0.15) is 12.8 Å². The van der Waals surface area contributed by atoms with E-state index in [0.29, 0.717) is 30.3 Å². The van der Waals surface area contributed by atoms with Crippen molar-refractivity contribution >= 4 is 11.6 Å². The molecule has 6 nitrogen and oxygen atoms in total. The number of nitrogens with zero attached hydrogens (tertiary/aromatic N) is 1. The number of hydrogen-bond acceptors (Lipinski definition) is 5. The molecule has 1 amide bonds. The van der Waals surface area contributed by atoms with Crippen molar-refractivity contribution in [2.45, 2.75) is 25.0 Å². The van der Waals surface area contributed by atoms with E-state index in [0.717, 1.165) is 6.42 Å². The van der Waals surface area contributed by atoms with Crippen LogP contribution in [0.3, 0.4) is 0 Å². The van der Waals surface area contributed by atoms with Gasteiger partial charge in [-0.3, -0.25) is 4.79 Å². The first kappa shape index (κ1) is 15.5. The van der Waals surface area contributed by atoms with Crippen molar-refractivity contribution in [3.8, 4) is 11.6 Å². The van der Waals surface area contributed by atoms with Crippen LogP contribution in [-0.2, 0) is 9.53 Å². The number of carbonyl (C=O) groups is 1. The molecule has 6 heteroatoms. The Labute approximate surface area is 134 Å². The molecule has 2 heterocycles. The summed E-state index contributed by atoms with van der Waals surface area (Å²) >= 11 is 0. The molecule has 3 rings (SSSR count). The number of ether oxygens (including phenoxy) is 2. The number of aromatic nitrogens is 1. The lowest BCUT2D eigenvalue weighted by Gasteiger charge is -2.13. The minimum Gasteiger partial charge on any atom is -0.439 e. The second-order valence-electron chi connectivity index (χ2n) is 5.34. The van der Waals surface area contributed by atoms with E-state index in [9.17, 15) is 4.79 Å². The summed E-state index contributed by atoms with van der Waals surface area (Å²) < 4.78 is 11.2. The molecule has 0 aliphatic carbocycles. The molecule has 3 N–H and O–H groups in total. The van der Waals surface area contributed by atoms with Gasteiger partial charge in [0, 0.05) is 24.5 Å². The van der Waals surface area contributed by atoms with Gasteiger partial charge >= 0.3 is 0 Å². The minimum atomic E-state index is -0.423. The zero-order chi connectivity index (χ0) is 16.1. The highest BCUT2D eigenvalue weighted by atomic mass is 16.5. The SMILES string of the molecule is NC[C@H]1CC[C@@H](C(=O)Nc2ccc(Oc3ccccn3)cc2)O1. The van der Waals surface area contributed by atoms with E-state index in [4.69, 9.17) is 15.2 Å². The number of benzene rings is 1. The summed E-state index contributed by atoms with van der Waals surface area (Å²) in [5.41, 5.74) is 6.25. The van der Waals surface area contributed by atoms with Crippen molar-refractivity contribution in [3.63, 3.8) is 0 Å². The minimum absolute atomic E-state index is 0.0140. The largest absolute Gasteiger partial charge is 0.439 e. The molecule has 0 unspecified atom stereocenters. The van der Waals surface area contributed by atoms with Crippen molar-refractivity contribution in [1.29, 1.82) is 0 Å². The Morgan fingerprint density at radius 3 is 2.74 bits per heavy atom. The number of pyridine rings is 1. The first-order chi connectivity index (χ1) is 11.2. The number of anilines is 1. The van der Waals surface area contributed by atoms with E-state index in [2.05, 4.69) is 10.3 Å². The Hall–Kier alpha value is -2.44. The molecular formula is C17H19N3O3. The lowest BCUT2D eigenvalue weighted by Crippen LogP contribution is -2.29. The molecule has 1 fully saturated rings. The standard InChI is InChI=1S/C17H19N3O3/c18-11-14-8-9-15(22-14)17(21)20-12-4-6-13(7-5-12)23-16-3-1-2-10-19-16/h1-7,10,14-15H,8-9,11,18H2,(H,20,21)/t14-,15+/m1/s1. The second kappa shape index (κ2) is 7.21. The van der Waals surface area contributed by atoms with Gasteiger partial charge < -0.3 is 20.5 Å². The molecule has 1 aromatic heterocycles. The van der Waals surface area contributed by atoms with Gasteiger partial charge in [-0.2, -0.15) is 0 Å². The average molecular weight is 313 g/mol. The third kappa shape index (κ3) is 4.06. The highest BCUT2D eigenvalue weighted by Gasteiger charge is 2.29. The number of amides is 1. The van der Waals surface area contributed by atoms with E-state index in [1.54, 1.807) is 36.5 Å². The Bertz CT molecular complexity index is 646. The second-order valence-corrected chi connectivity index (χ2v) is 5.34. The summed E-state index contributed by atoms with van der Waals surface area (Å²) in [6.45, 7) is 0.448. The zero-order valence-electron chi connectivity index (χ0n) is 12.6. The normalized spacial score (nSPS) is 20.2. The summed E-state index contributed by atoms with van der Waals surface area (Å²) in [5.74, 6) is 1.04. The maximum Gasteiger partial charge on any atom is 0.253 e. The van der Waals surface area contributed by atoms with Crippen LogP contribution in [0.2, 0.25) is 0 Å². The highest BCUT2D eigenvalue weighted by Crippen LogP contribution is 2.23. The number of nitrogens with one attached hydrogen (secondary N) is 1. The third-order valence-electron chi connectivity index (χ3n) is 3.64. The van der Waals surface area contributed by atoms with Crippen LogP contribution in [-0.4, -0.2) is 29.6 Å². The maximum atomic E-state index is 12.1. The quantitative estimate of drug-likeness (QED) is 0.884. The van der Waals surface area contributed by atoms with Gasteiger partial charge in [0.05, 0.1) is 6.10 Å². The molecule has 23 heavy (non-hydrogen) atoms. The van der Waals surface area contributed by atoms with Gasteiger partial charge in [-0.15, -0.1) is 0 Å². The molecule has 1 aromatic carbocycles. The van der Waals surface area contributed by atoms with Crippen LogP contribution in [0.15, 0.2) is 48.7 Å². The highest BCUT2D eigenvalue weighted by molar-refractivity contribution is 5.94. The van der Waals surface area contributed by atoms with Gasteiger partial charge in [-0.05, 0) is 43.2 Å². The van der Waals surface area contributed by atoms with Gasteiger partial charge in [-0.1, -0.05) is 6.07 Å². The van der Waals surface area contributed by atoms with Crippen LogP contribution >= 0.6 is 0 Å². The summed E-state index contributed by atoms with van der Waals surface area (Å²) in [6, 6.07) is 12.6. The summed E-state index contributed by atoms with van der Waals surface area (Å²) in [7, 11) is 0. The molecule has 0 radical (unpaired) electrons. The first-order valence-electron chi connectivity index (χ1n) is 7.60. The van der Waals surface area contributed by atoms with E-state index >= 15 is 0 Å². The van der Waals surface area contributed by atoms with Gasteiger partial charge in [-0.25, -0.2) is 4.98 Å². The molecule has 1 aliphatic heterocycles. The Morgan fingerprint density at radius 2 is 2.09 bits per heavy atom. The summed E-state index contributed by atoms with van der Waals surface area (Å²) in [6.07, 6.45) is 2.76. The van der Waals surface area contributed by atoms with Crippen LogP contribution in [0.25, 0.3) is 0 Å². The van der Waals surface area contributed by atoms with Gasteiger partial charge in [0.2, 0.25) is 5.88 Å². The summed E-state index contributed by atoms with van der Waals surface area (Å²) in [4.78, 5) is 16.2. The third-order valence-corrected chi connectivity index (χ3v) is 3.64. The van der Waals surface area contributed by atoms with E-state index in [1.165, 1.54) is 0 Å². The Balaban J connectivity index is 1.56. The monoisotopic (exact) mass is 313 g/mol. The van der Waals surface area contributed by atoms with E-state index in [-0.39, 0.29) is 12.0 Å². The van der Waals surface area contributed by atoms with Gasteiger partial charge in [0.15, 0.2) is 0 Å². The van der Waals surface area contributed by atoms with Crippen LogP contribution in [0.5, 0.6) is 11.6 Å². The molecular weight excluding hydrogens is 294 g/mol. The number of nitrogens with two attached hydrogens (primary N) is 1. The molecule has 0 spiro atoms. The fourth-order valence-electron chi connectivity index (χ4n) is 2.43. The van der Waals surface area contributed by atoms with E-state index in [1.807, 2.05) is 12.1 Å². The fourth-order valence-corrected chi connectivity index (χ4v) is 2.43. The smallest absolute Gasteiger partial charge is 0.253 e. The lowest BCUT2D eigenvalue weighted by atomic mass is 10.2. The van der Waals surface area contributed by atoms with Crippen LogP contribution in [0, 0.1) is 0 Å². The number of rotatable bonds is 5. The van der Waals surface area contributed by atoms with Crippen molar-refractivity contribution in [3.05, 3.63) is 48.7 Å². The molecule has 2 aromatic rings. The van der Waals surface area contributed by atoms with Crippen LogP contribution in [0.4, 0.5) is 5.69 Å². The molecule has 1 aliphatic rings. The molecule has 120 valence electrons. The van der Waals surface area contributed by atoms with Crippen molar-refractivity contribution in [1.82, 2.24) is 4.98 Å². The molecule has 1 saturated heterocycles. The summed E-state index contributed by atoms with van der Waals surface area (Å²) in [5, 5.41) is 2.84. The van der Waals surface area contributed by atoms with Crippen molar-refractivity contribution in [2.75, 3.05) is 11.9 Å². The van der Waals surface area contributed by atoms with E-state index < -0.39 is 6.10 Å². The van der Waals surface area contributed by atoms with Crippen molar-refractivity contribution < 1.29 is 14.3 Å². The zero-order valence-corrected chi connectivity index (χ0v) is 12.6. The molecule has 2 atom stereocenters. The Morgan fingerprint density at radius 1 is 1.26 bits per heavy atom. The predicted octanol–water partition coefficient (Wildman–Crippen LogP) is 2.32. The maximum absolute atomic E-state index is 12.1. The number of hydrogen-bond donors (Lipinski definition) is 2. The Kier molecular flexibility index (Phi) is 4.85. The van der Waals surface area contributed by atoms with Crippen molar-refractivity contribution in [2.24, 2.45) is 5.73 Å². The molecule has 0 bridgehead atoms. The van der Waals surface area contributed by atoms with Crippen LogP contribution < -0.4 is 15.8 Å². The first-order valence-corrected chi connectivity index (χ1v) is 7.60. The average Bonchev–Trinajstić information content (AvgIpc) is 3.07. The lowest BCUT2D eigenvalue weighted by molar-refractivity contribution is -0.126. The van der Waals surface area contributed by atoms with Gasteiger partial charge in [0.1, 0.15) is 11.9 Å². The number of carbonyl (C=O) groups excluding carboxylic acids is 1. The fraction of sp³-hybridized carbons (Fsp3) is 0.294.